The SMILES string of the molecule is N#Cc1ccc(CCCc2ccc(F)cc2F)cc1. The smallest absolute Gasteiger partial charge is 0.129 e. The molecule has 0 aliphatic heterocycles. The maximum Gasteiger partial charge on any atom is 0.129 e. The van der Waals surface area contributed by atoms with Gasteiger partial charge in [-0.05, 0) is 48.6 Å². The van der Waals surface area contributed by atoms with Gasteiger partial charge >= 0.3 is 0 Å². The lowest BCUT2D eigenvalue weighted by Gasteiger charge is -2.04. The van der Waals surface area contributed by atoms with Crippen LogP contribution in [-0.2, 0) is 12.8 Å². The molecule has 0 radical (unpaired) electrons. The standard InChI is InChI=1S/C16H13F2N/c17-15-9-8-14(16(18)10-15)3-1-2-12-4-6-13(11-19)7-5-12/h4-10H,1-3H2. The van der Waals surface area contributed by atoms with Gasteiger partial charge in [-0.15, -0.1) is 0 Å². The van der Waals surface area contributed by atoms with Crippen LogP contribution < -0.4 is 0 Å². The van der Waals surface area contributed by atoms with E-state index in [9.17, 15) is 8.78 Å². The van der Waals surface area contributed by atoms with Crippen LogP contribution >= 0.6 is 0 Å². The molecule has 96 valence electrons. The summed E-state index contributed by atoms with van der Waals surface area (Å²) in [6.07, 6.45) is 2.17. The first-order valence-corrected chi connectivity index (χ1v) is 6.12. The van der Waals surface area contributed by atoms with Crippen molar-refractivity contribution in [2.75, 3.05) is 0 Å². The zero-order valence-corrected chi connectivity index (χ0v) is 10.4. The van der Waals surface area contributed by atoms with Crippen LogP contribution in [0.15, 0.2) is 42.5 Å². The van der Waals surface area contributed by atoms with Crippen molar-refractivity contribution in [2.45, 2.75) is 19.3 Å². The summed E-state index contributed by atoms with van der Waals surface area (Å²) in [7, 11) is 0. The van der Waals surface area contributed by atoms with Gasteiger partial charge in [0.1, 0.15) is 11.6 Å². The van der Waals surface area contributed by atoms with Gasteiger partial charge in [0, 0.05) is 6.07 Å². The molecule has 0 aromatic heterocycles. The molecule has 0 bridgehead atoms. The van der Waals surface area contributed by atoms with Gasteiger partial charge in [0.05, 0.1) is 11.6 Å². The summed E-state index contributed by atoms with van der Waals surface area (Å²) in [5.41, 5.74) is 2.28. The first-order valence-electron chi connectivity index (χ1n) is 6.12. The molecule has 2 aromatic rings. The average Bonchev–Trinajstić information content (AvgIpc) is 2.42. The lowest BCUT2D eigenvalue weighted by atomic mass is 10.0. The highest BCUT2D eigenvalue weighted by atomic mass is 19.1. The van der Waals surface area contributed by atoms with Crippen LogP contribution in [0.2, 0.25) is 0 Å². The molecule has 0 N–H and O–H groups in total. The van der Waals surface area contributed by atoms with E-state index in [4.69, 9.17) is 5.26 Å². The molecule has 0 aliphatic carbocycles. The summed E-state index contributed by atoms with van der Waals surface area (Å²) in [6, 6.07) is 13.1. The Labute approximate surface area is 111 Å². The van der Waals surface area contributed by atoms with Crippen molar-refractivity contribution >= 4 is 0 Å². The normalized spacial score (nSPS) is 10.2. The van der Waals surface area contributed by atoms with Crippen LogP contribution in [0.25, 0.3) is 0 Å². The second-order valence-corrected chi connectivity index (χ2v) is 4.40. The molecule has 1 nitrogen and oxygen atoms in total. The van der Waals surface area contributed by atoms with E-state index >= 15 is 0 Å². The Kier molecular flexibility index (Phi) is 4.25. The third kappa shape index (κ3) is 3.62. The van der Waals surface area contributed by atoms with E-state index in [0.717, 1.165) is 24.5 Å². The molecule has 0 aliphatic rings. The highest BCUT2D eigenvalue weighted by Crippen LogP contribution is 2.13. The van der Waals surface area contributed by atoms with E-state index in [0.29, 0.717) is 17.5 Å². The summed E-state index contributed by atoms with van der Waals surface area (Å²) in [5.74, 6) is -1.03. The summed E-state index contributed by atoms with van der Waals surface area (Å²) >= 11 is 0. The molecule has 2 aromatic carbocycles. The summed E-state index contributed by atoms with van der Waals surface area (Å²) in [5, 5.41) is 8.68. The fourth-order valence-electron chi connectivity index (χ4n) is 1.95. The molecule has 0 amide bonds. The van der Waals surface area contributed by atoms with Crippen molar-refractivity contribution in [3.63, 3.8) is 0 Å². The number of aryl methyl sites for hydroxylation is 2. The van der Waals surface area contributed by atoms with E-state index in [-0.39, 0.29) is 0 Å². The van der Waals surface area contributed by atoms with Gasteiger partial charge in [-0.25, -0.2) is 8.78 Å². The molecule has 0 atom stereocenters. The Morgan fingerprint density at radius 3 is 2.32 bits per heavy atom. The van der Waals surface area contributed by atoms with E-state index in [1.54, 1.807) is 12.1 Å². The molecule has 19 heavy (non-hydrogen) atoms. The van der Waals surface area contributed by atoms with Gasteiger partial charge in [0.25, 0.3) is 0 Å². The quantitative estimate of drug-likeness (QED) is 0.811. The van der Waals surface area contributed by atoms with Gasteiger partial charge < -0.3 is 0 Å². The maximum absolute atomic E-state index is 13.4. The summed E-state index contributed by atoms with van der Waals surface area (Å²) < 4.78 is 26.1. The first kappa shape index (κ1) is 13.2. The third-order valence-electron chi connectivity index (χ3n) is 3.01. The van der Waals surface area contributed by atoms with Crippen LogP contribution in [0, 0.1) is 23.0 Å². The number of benzene rings is 2. The largest absolute Gasteiger partial charge is 0.207 e. The second kappa shape index (κ2) is 6.10. The van der Waals surface area contributed by atoms with Gasteiger partial charge in [-0.1, -0.05) is 18.2 Å². The molecule has 0 fully saturated rings. The van der Waals surface area contributed by atoms with Gasteiger partial charge in [-0.3, -0.25) is 0 Å². The summed E-state index contributed by atoms with van der Waals surface area (Å²) in [6.45, 7) is 0. The highest BCUT2D eigenvalue weighted by Gasteiger charge is 2.03. The van der Waals surface area contributed by atoms with Crippen molar-refractivity contribution in [3.8, 4) is 6.07 Å². The Hall–Kier alpha value is -2.21. The number of rotatable bonds is 4. The van der Waals surface area contributed by atoms with E-state index in [1.807, 2.05) is 12.1 Å². The van der Waals surface area contributed by atoms with Crippen LogP contribution in [0.1, 0.15) is 23.1 Å². The average molecular weight is 257 g/mol. The molecule has 3 heteroatoms. The number of halogens is 2. The molecule has 0 spiro atoms. The molecule has 0 heterocycles. The minimum Gasteiger partial charge on any atom is -0.207 e. The van der Waals surface area contributed by atoms with Crippen LogP contribution in [-0.4, -0.2) is 0 Å². The fourth-order valence-corrected chi connectivity index (χ4v) is 1.95. The lowest BCUT2D eigenvalue weighted by Crippen LogP contribution is -1.94. The van der Waals surface area contributed by atoms with E-state index in [2.05, 4.69) is 6.07 Å². The van der Waals surface area contributed by atoms with E-state index < -0.39 is 11.6 Å². The highest BCUT2D eigenvalue weighted by molar-refractivity contribution is 5.31. The second-order valence-electron chi connectivity index (χ2n) is 4.40. The Balaban J connectivity index is 1.91. The fraction of sp³-hybridized carbons (Fsp3) is 0.188. The number of nitrogens with zero attached hydrogens (tertiary/aromatic N) is 1. The van der Waals surface area contributed by atoms with Crippen molar-refractivity contribution in [1.29, 1.82) is 5.26 Å². The zero-order valence-electron chi connectivity index (χ0n) is 10.4. The van der Waals surface area contributed by atoms with Gasteiger partial charge in [-0.2, -0.15) is 5.26 Å². The number of hydrogen-bond donors (Lipinski definition) is 0. The molecule has 0 unspecified atom stereocenters. The monoisotopic (exact) mass is 257 g/mol. The van der Waals surface area contributed by atoms with Crippen LogP contribution in [0.3, 0.4) is 0 Å². The Bertz CT molecular complexity index is 597. The number of nitriles is 1. The number of hydrogen-bond acceptors (Lipinski definition) is 1. The van der Waals surface area contributed by atoms with Gasteiger partial charge in [0.2, 0.25) is 0 Å². The predicted molar refractivity (Wildman–Crippen MR) is 69.5 cm³/mol. The van der Waals surface area contributed by atoms with Crippen LogP contribution in [0.4, 0.5) is 8.78 Å². The molecule has 2 rings (SSSR count). The predicted octanol–water partition coefficient (Wildman–Crippen LogP) is 4.01. The third-order valence-corrected chi connectivity index (χ3v) is 3.01. The zero-order chi connectivity index (χ0) is 13.7. The van der Waals surface area contributed by atoms with Crippen molar-refractivity contribution in [2.24, 2.45) is 0 Å². The van der Waals surface area contributed by atoms with Crippen LogP contribution in [0.5, 0.6) is 0 Å². The Morgan fingerprint density at radius 2 is 1.68 bits per heavy atom. The first-order chi connectivity index (χ1) is 9.19. The lowest BCUT2D eigenvalue weighted by molar-refractivity contribution is 0.569. The van der Waals surface area contributed by atoms with Crippen molar-refractivity contribution < 1.29 is 8.78 Å². The molecule has 0 saturated heterocycles. The van der Waals surface area contributed by atoms with Crippen molar-refractivity contribution in [3.05, 3.63) is 70.8 Å². The molecular weight excluding hydrogens is 244 g/mol. The van der Waals surface area contributed by atoms with E-state index in [1.165, 1.54) is 12.1 Å². The molecular formula is C16H13F2N. The van der Waals surface area contributed by atoms with Gasteiger partial charge in [0.15, 0.2) is 0 Å². The topological polar surface area (TPSA) is 23.8 Å². The molecule has 0 saturated carbocycles. The minimum atomic E-state index is -0.548. The maximum atomic E-state index is 13.4. The van der Waals surface area contributed by atoms with Crippen molar-refractivity contribution in [1.82, 2.24) is 0 Å². The minimum absolute atomic E-state index is 0.486. The Morgan fingerprint density at radius 1 is 0.947 bits per heavy atom. The summed E-state index contributed by atoms with van der Waals surface area (Å²) in [4.78, 5) is 0.